The molecule has 0 amide bonds. The minimum absolute atomic E-state index is 0.0468. The molecule has 0 aromatic heterocycles. The number of hydrogen-bond donors (Lipinski definition) is 0. The summed E-state index contributed by atoms with van der Waals surface area (Å²) in [6.07, 6.45) is 0.328. The van der Waals surface area contributed by atoms with E-state index in [1.54, 1.807) is 6.07 Å². The number of rotatable bonds is 0. The molecule has 0 bridgehead atoms. The summed E-state index contributed by atoms with van der Waals surface area (Å²) in [5.41, 5.74) is 4.71. The number of Topliss-reactive ketones (excluding diaryl/α,β-unsaturated/α-hetero) is 2. The summed E-state index contributed by atoms with van der Waals surface area (Å²) in [6.45, 7) is 8.00. The second-order valence-electron chi connectivity index (χ2n) is 4.87. The minimum atomic E-state index is 0.0468. The van der Waals surface area contributed by atoms with E-state index >= 15 is 0 Å². The normalized spacial score (nSPS) is 13.9. The van der Waals surface area contributed by atoms with Crippen LogP contribution in [-0.4, -0.2) is 11.6 Å². The molecule has 0 aliphatic heterocycles. The molecular weight excluding hydrogens is 284 g/mol. The number of allylic oxidation sites excluding steroid dienone is 2. The second-order valence-corrected chi connectivity index (χ2v) is 4.87. The molecule has 23 heavy (non-hydrogen) atoms. The Morgan fingerprint density at radius 2 is 1.13 bits per heavy atom. The Bertz CT molecular complexity index is 782. The van der Waals surface area contributed by atoms with Crippen molar-refractivity contribution in [3.05, 3.63) is 70.8 Å². The molecule has 0 N–H and O–H groups in total. The van der Waals surface area contributed by atoms with Crippen molar-refractivity contribution >= 4 is 22.7 Å². The average Bonchev–Trinajstić information content (AvgIpc) is 2.92. The van der Waals surface area contributed by atoms with Gasteiger partial charge in [-0.3, -0.25) is 9.59 Å². The van der Waals surface area contributed by atoms with E-state index in [1.807, 2.05) is 70.2 Å². The molecule has 0 fully saturated rings. The highest BCUT2D eigenvalue weighted by Crippen LogP contribution is 2.44. The molecule has 4 rings (SSSR count). The Labute approximate surface area is 137 Å². The van der Waals surface area contributed by atoms with Crippen molar-refractivity contribution in [1.82, 2.24) is 0 Å². The smallest absolute Gasteiger partial charge is 0.194 e. The first kappa shape index (κ1) is 16.9. The standard InChI is InChI=1S/C17H10O2.2C2H6/c18-15-9-14-10-5-1-4-8-13(10)17(19)16(14)12-7-3-2-6-11(12)15;2*1-2/h1-8H,9H2;2*1-2H3. The van der Waals surface area contributed by atoms with Crippen LogP contribution in [0.15, 0.2) is 48.5 Å². The van der Waals surface area contributed by atoms with Crippen molar-refractivity contribution in [2.75, 3.05) is 0 Å². The van der Waals surface area contributed by atoms with E-state index in [9.17, 15) is 9.59 Å². The lowest BCUT2D eigenvalue weighted by Crippen LogP contribution is -2.11. The molecule has 2 aromatic carbocycles. The molecule has 0 saturated heterocycles. The molecular formula is C21H22O2. The first-order valence-electron chi connectivity index (χ1n) is 8.27. The SMILES string of the molecule is CC.CC.O=C1CC2=C(C(=O)c3ccccc32)c2ccccc21. The van der Waals surface area contributed by atoms with Gasteiger partial charge in [-0.25, -0.2) is 0 Å². The van der Waals surface area contributed by atoms with E-state index in [0.29, 0.717) is 12.0 Å². The number of benzene rings is 2. The highest BCUT2D eigenvalue weighted by molar-refractivity contribution is 6.43. The molecule has 2 aromatic rings. The Hall–Kier alpha value is -2.48. The summed E-state index contributed by atoms with van der Waals surface area (Å²) in [7, 11) is 0. The number of carbonyl (C=O) groups is 2. The van der Waals surface area contributed by atoms with Crippen molar-refractivity contribution in [3.63, 3.8) is 0 Å². The maximum atomic E-state index is 12.5. The van der Waals surface area contributed by atoms with E-state index in [4.69, 9.17) is 0 Å². The maximum absolute atomic E-state index is 12.5. The van der Waals surface area contributed by atoms with E-state index < -0.39 is 0 Å². The Balaban J connectivity index is 0.000000448. The number of hydrogen-bond acceptors (Lipinski definition) is 2. The zero-order valence-electron chi connectivity index (χ0n) is 14.1. The van der Waals surface area contributed by atoms with Gasteiger partial charge < -0.3 is 0 Å². The highest BCUT2D eigenvalue weighted by Gasteiger charge is 2.36. The lowest BCUT2D eigenvalue weighted by Gasteiger charge is -2.16. The van der Waals surface area contributed by atoms with Gasteiger partial charge in [0.25, 0.3) is 0 Å². The first-order valence-corrected chi connectivity index (χ1v) is 8.27. The fourth-order valence-electron chi connectivity index (χ4n) is 3.02. The van der Waals surface area contributed by atoms with Gasteiger partial charge in [0, 0.05) is 23.1 Å². The second kappa shape index (κ2) is 7.19. The summed E-state index contributed by atoms with van der Waals surface area (Å²) >= 11 is 0. The summed E-state index contributed by atoms with van der Waals surface area (Å²) < 4.78 is 0. The van der Waals surface area contributed by atoms with Gasteiger partial charge in [0.15, 0.2) is 11.6 Å². The van der Waals surface area contributed by atoms with Crippen molar-refractivity contribution in [1.29, 1.82) is 0 Å². The topological polar surface area (TPSA) is 34.1 Å². The van der Waals surface area contributed by atoms with Crippen LogP contribution < -0.4 is 0 Å². The number of carbonyl (C=O) groups excluding carboxylic acids is 2. The van der Waals surface area contributed by atoms with E-state index in [1.165, 1.54) is 0 Å². The van der Waals surface area contributed by atoms with Gasteiger partial charge in [0.05, 0.1) is 0 Å². The fraction of sp³-hybridized carbons (Fsp3) is 0.238. The van der Waals surface area contributed by atoms with E-state index in [0.717, 1.165) is 27.8 Å². The average molecular weight is 306 g/mol. The lowest BCUT2D eigenvalue weighted by molar-refractivity contribution is 0.0997. The Morgan fingerprint density at radius 1 is 0.652 bits per heavy atom. The molecule has 0 saturated carbocycles. The predicted octanol–water partition coefficient (Wildman–Crippen LogP) is 5.43. The van der Waals surface area contributed by atoms with Gasteiger partial charge in [0.2, 0.25) is 0 Å². The van der Waals surface area contributed by atoms with Crippen molar-refractivity contribution in [3.8, 4) is 0 Å². The molecule has 2 nitrogen and oxygen atoms in total. The van der Waals surface area contributed by atoms with Crippen LogP contribution >= 0.6 is 0 Å². The molecule has 2 aliphatic rings. The van der Waals surface area contributed by atoms with Crippen LogP contribution in [0.25, 0.3) is 11.1 Å². The molecule has 0 atom stereocenters. The highest BCUT2D eigenvalue weighted by atomic mass is 16.1. The van der Waals surface area contributed by atoms with Crippen LogP contribution in [0, 0.1) is 0 Å². The number of ketones is 2. The van der Waals surface area contributed by atoms with Crippen LogP contribution in [0.5, 0.6) is 0 Å². The van der Waals surface area contributed by atoms with E-state index in [-0.39, 0.29) is 11.6 Å². The molecule has 0 radical (unpaired) electrons. The number of fused-ring (bicyclic) bond motifs is 4. The molecule has 2 heteroatoms. The van der Waals surface area contributed by atoms with Crippen molar-refractivity contribution < 1.29 is 9.59 Å². The zero-order chi connectivity index (χ0) is 17.0. The molecule has 118 valence electrons. The Kier molecular flexibility index (Phi) is 5.28. The monoisotopic (exact) mass is 306 g/mol. The van der Waals surface area contributed by atoms with Gasteiger partial charge in [-0.1, -0.05) is 76.2 Å². The predicted molar refractivity (Wildman–Crippen MR) is 95.7 cm³/mol. The maximum Gasteiger partial charge on any atom is 0.194 e. The Morgan fingerprint density at radius 3 is 1.74 bits per heavy atom. The summed E-state index contributed by atoms with van der Waals surface area (Å²) in [4.78, 5) is 24.7. The summed E-state index contributed by atoms with van der Waals surface area (Å²) in [5, 5.41) is 0. The molecule has 0 spiro atoms. The van der Waals surface area contributed by atoms with Crippen LogP contribution in [0.4, 0.5) is 0 Å². The van der Waals surface area contributed by atoms with Gasteiger partial charge in [-0.2, -0.15) is 0 Å². The molecule has 2 aliphatic carbocycles. The van der Waals surface area contributed by atoms with Crippen LogP contribution in [0.1, 0.15) is 66.0 Å². The lowest BCUT2D eigenvalue weighted by atomic mass is 9.85. The fourth-order valence-corrected chi connectivity index (χ4v) is 3.02. The van der Waals surface area contributed by atoms with Crippen LogP contribution in [0.3, 0.4) is 0 Å². The van der Waals surface area contributed by atoms with Gasteiger partial charge >= 0.3 is 0 Å². The van der Waals surface area contributed by atoms with Gasteiger partial charge in [0.1, 0.15) is 0 Å². The van der Waals surface area contributed by atoms with Crippen LogP contribution in [0.2, 0.25) is 0 Å². The first-order chi connectivity index (χ1) is 11.3. The molecule has 0 unspecified atom stereocenters. The summed E-state index contributed by atoms with van der Waals surface area (Å²) in [5.74, 6) is 0.143. The van der Waals surface area contributed by atoms with Crippen molar-refractivity contribution in [2.45, 2.75) is 34.1 Å². The third kappa shape index (κ3) is 2.65. The van der Waals surface area contributed by atoms with Crippen molar-refractivity contribution in [2.24, 2.45) is 0 Å². The third-order valence-corrected chi connectivity index (χ3v) is 3.86. The largest absolute Gasteiger partial charge is 0.294 e. The minimum Gasteiger partial charge on any atom is -0.294 e. The van der Waals surface area contributed by atoms with Crippen LogP contribution in [-0.2, 0) is 0 Å². The van der Waals surface area contributed by atoms with E-state index in [2.05, 4.69) is 0 Å². The van der Waals surface area contributed by atoms with Gasteiger partial charge in [-0.15, -0.1) is 0 Å². The summed E-state index contributed by atoms with van der Waals surface area (Å²) in [6, 6.07) is 14.9. The molecule has 0 heterocycles. The zero-order valence-corrected chi connectivity index (χ0v) is 14.1. The third-order valence-electron chi connectivity index (χ3n) is 3.86. The quantitative estimate of drug-likeness (QED) is 0.650. The van der Waals surface area contributed by atoms with Gasteiger partial charge in [-0.05, 0) is 16.7 Å².